The van der Waals surface area contributed by atoms with Crippen molar-refractivity contribution in [1.29, 1.82) is 5.26 Å². The van der Waals surface area contributed by atoms with Gasteiger partial charge in [0.15, 0.2) is 7.05 Å². The van der Waals surface area contributed by atoms with Gasteiger partial charge < -0.3 is 16.8 Å². The number of nitrogens with one attached hydrogen (secondary N) is 2. The number of aryl methyl sites for hydroxylation is 1. The van der Waals surface area contributed by atoms with Crippen molar-refractivity contribution in [1.82, 2.24) is 10.3 Å². The van der Waals surface area contributed by atoms with Crippen LogP contribution in [0.25, 0.3) is 21.5 Å². The highest BCUT2D eigenvalue weighted by Gasteiger charge is 2.32. The Hall–Kier alpha value is -3.59. The molecule has 13 heteroatoms. The van der Waals surface area contributed by atoms with Crippen LogP contribution in [0.15, 0.2) is 27.5 Å². The third-order valence-corrected chi connectivity index (χ3v) is 6.10. The van der Waals surface area contributed by atoms with Gasteiger partial charge in [-0.1, -0.05) is 27.9 Å². The van der Waals surface area contributed by atoms with E-state index in [0.29, 0.717) is 10.7 Å². The number of hydrogen-bond donors (Lipinski definition) is 4. The molecule has 0 saturated carbocycles. The molecule has 0 bridgehead atoms. The highest BCUT2D eigenvalue weighted by molar-refractivity contribution is 7.21. The Balaban J connectivity index is 1.95. The van der Waals surface area contributed by atoms with Gasteiger partial charge in [-0.05, 0) is 23.5 Å². The number of carbonyl (C=O) groups is 1. The number of nitrogens with zero attached hydrogens (tertiary/aromatic N) is 3. The molecule has 1 amide bonds. The lowest BCUT2D eigenvalue weighted by molar-refractivity contribution is -0.730. The number of hydrogen-bond acceptors (Lipinski definition) is 8. The first-order valence-electron chi connectivity index (χ1n) is 8.48. The zero-order valence-corrected chi connectivity index (χ0v) is 17.9. The number of anilines is 3. The van der Waals surface area contributed by atoms with Crippen LogP contribution in [0.2, 0.25) is 10.0 Å². The number of nitrogen functional groups attached to an aromatic ring is 2. The normalized spacial score (nSPS) is 10.9. The maximum absolute atomic E-state index is 12.9. The summed E-state index contributed by atoms with van der Waals surface area (Å²) in [5.41, 5.74) is 11.9. The van der Waals surface area contributed by atoms with Gasteiger partial charge in [0.25, 0.3) is 5.91 Å². The molecule has 31 heavy (non-hydrogen) atoms. The highest BCUT2D eigenvalue weighted by atomic mass is 35.5. The molecule has 0 radical (unpaired) electrons. The zero-order chi connectivity index (χ0) is 22.4. The number of halogens is 2. The number of aromatic amines is 1. The van der Waals surface area contributed by atoms with E-state index < -0.39 is 11.5 Å². The maximum atomic E-state index is 12.9. The summed E-state index contributed by atoms with van der Waals surface area (Å²) in [7, 11) is 1.52. The minimum Gasteiger partial charge on any atom is -0.397 e. The van der Waals surface area contributed by atoms with Gasteiger partial charge in [0.1, 0.15) is 27.2 Å². The summed E-state index contributed by atoms with van der Waals surface area (Å²) < 4.78 is 6.08. The molecule has 0 atom stereocenters. The van der Waals surface area contributed by atoms with Crippen molar-refractivity contribution in [3.05, 3.63) is 49.1 Å². The van der Waals surface area contributed by atoms with Gasteiger partial charge in [0, 0.05) is 5.02 Å². The van der Waals surface area contributed by atoms with Crippen molar-refractivity contribution in [2.45, 2.75) is 0 Å². The van der Waals surface area contributed by atoms with Crippen LogP contribution in [0.4, 0.5) is 17.2 Å². The fourth-order valence-corrected chi connectivity index (χ4v) is 4.42. The van der Waals surface area contributed by atoms with E-state index in [4.69, 9.17) is 39.2 Å². The number of pyridine rings is 1. The number of amides is 1. The minimum atomic E-state index is -0.742. The van der Waals surface area contributed by atoms with Gasteiger partial charge >= 0.3 is 11.3 Å². The van der Waals surface area contributed by atoms with E-state index in [1.807, 2.05) is 6.07 Å². The van der Waals surface area contributed by atoms with Crippen LogP contribution in [0, 0.1) is 11.3 Å². The Bertz CT molecular complexity index is 1480. The molecule has 0 unspecified atom stereocenters. The molecule has 4 rings (SSSR count). The Kier molecular flexibility index (Phi) is 5.06. The number of thiophene rings is 1. The van der Waals surface area contributed by atoms with E-state index in [1.165, 1.54) is 17.8 Å². The average molecular weight is 477 g/mol. The summed E-state index contributed by atoms with van der Waals surface area (Å²) in [5, 5.41) is 15.6. The molecule has 10 nitrogen and oxygen atoms in total. The summed E-state index contributed by atoms with van der Waals surface area (Å²) in [6, 6.07) is 6.55. The lowest BCUT2D eigenvalue weighted by atomic mass is 10.0. The van der Waals surface area contributed by atoms with Gasteiger partial charge in [-0.3, -0.25) is 9.32 Å². The molecule has 4 aromatic rings. The Labute approximate surface area is 187 Å². The number of fused-ring (bicyclic) bond motifs is 1. The predicted molar refractivity (Wildman–Crippen MR) is 117 cm³/mol. The first-order chi connectivity index (χ1) is 14.7. The lowest BCUT2D eigenvalue weighted by Crippen LogP contribution is -2.34. The fraction of sp³-hybridized carbons (Fsp3) is 0.0556. The number of nitriles is 1. The van der Waals surface area contributed by atoms with E-state index >= 15 is 0 Å². The van der Waals surface area contributed by atoms with Crippen molar-refractivity contribution >= 4 is 67.9 Å². The van der Waals surface area contributed by atoms with Crippen LogP contribution in [0.1, 0.15) is 15.2 Å². The van der Waals surface area contributed by atoms with Gasteiger partial charge in [-0.15, -0.1) is 11.3 Å². The van der Waals surface area contributed by atoms with E-state index in [-0.39, 0.29) is 48.4 Å². The summed E-state index contributed by atoms with van der Waals surface area (Å²) in [6.45, 7) is 0. The van der Waals surface area contributed by atoms with Crippen LogP contribution < -0.4 is 27.1 Å². The van der Waals surface area contributed by atoms with Crippen molar-refractivity contribution in [2.75, 3.05) is 16.8 Å². The lowest BCUT2D eigenvalue weighted by Gasteiger charge is -2.07. The smallest absolute Gasteiger partial charge is 0.397 e. The van der Waals surface area contributed by atoms with Gasteiger partial charge in [-0.25, -0.2) is 9.78 Å². The minimum absolute atomic E-state index is 0.00462. The SMILES string of the molecule is C[n+]1[nH]oc(=O)c1-c1c(C#N)c(N)nc2sc(C(=O)Nc3cc(Cl)ccc3Cl)c(N)c12. The first-order valence-corrected chi connectivity index (χ1v) is 10.1. The predicted octanol–water partition coefficient (Wildman–Crippen LogP) is 2.66. The van der Waals surface area contributed by atoms with E-state index in [1.54, 1.807) is 12.1 Å². The second-order valence-electron chi connectivity index (χ2n) is 6.35. The fourth-order valence-electron chi connectivity index (χ4n) is 3.07. The quantitative estimate of drug-likeness (QED) is 0.329. The molecular weight excluding hydrogens is 465 g/mol. The van der Waals surface area contributed by atoms with Crippen LogP contribution >= 0.6 is 34.5 Å². The second-order valence-corrected chi connectivity index (χ2v) is 8.19. The Morgan fingerprint density at radius 3 is 2.77 bits per heavy atom. The largest absolute Gasteiger partial charge is 0.435 e. The molecule has 0 aliphatic carbocycles. The molecule has 0 spiro atoms. The summed E-state index contributed by atoms with van der Waals surface area (Å²) in [6.07, 6.45) is 0. The molecule has 1 aromatic carbocycles. The molecule has 0 aliphatic rings. The molecule has 0 saturated heterocycles. The standard InChI is InChI=1S/C18H11Cl2N7O3S/c1-27-13(18(29)30-26-27)10-7(5-21)15(23)25-17-11(10)12(22)14(31-17)16(28)24-9-4-6(19)2-3-8(9)20/h2-4H,1H3,(H5-,22,23,24,25,26,28,29)/p+1. The highest BCUT2D eigenvalue weighted by Crippen LogP contribution is 2.41. The molecule has 0 aliphatic heterocycles. The van der Waals surface area contributed by atoms with Gasteiger partial charge in [0.2, 0.25) is 0 Å². The number of benzene rings is 1. The third-order valence-electron chi connectivity index (χ3n) is 4.44. The van der Waals surface area contributed by atoms with Crippen LogP contribution in [0.5, 0.6) is 0 Å². The Morgan fingerprint density at radius 1 is 1.39 bits per heavy atom. The van der Waals surface area contributed by atoms with Crippen molar-refractivity contribution in [2.24, 2.45) is 7.05 Å². The van der Waals surface area contributed by atoms with E-state index in [9.17, 15) is 14.9 Å². The maximum Gasteiger partial charge on any atom is 0.435 e. The summed E-state index contributed by atoms with van der Waals surface area (Å²) in [5.74, 6) is -0.685. The van der Waals surface area contributed by atoms with Crippen LogP contribution in [-0.2, 0) is 7.05 Å². The Morgan fingerprint density at radius 2 is 2.13 bits per heavy atom. The van der Waals surface area contributed by atoms with E-state index in [0.717, 1.165) is 11.3 Å². The van der Waals surface area contributed by atoms with Crippen LogP contribution in [0.3, 0.4) is 0 Å². The molecule has 3 aromatic heterocycles. The topological polar surface area (TPSA) is 168 Å². The number of rotatable bonds is 3. The van der Waals surface area contributed by atoms with Crippen molar-refractivity contribution in [3.8, 4) is 17.3 Å². The third kappa shape index (κ3) is 3.36. The van der Waals surface area contributed by atoms with Crippen LogP contribution in [-0.4, -0.2) is 16.2 Å². The molecule has 0 fully saturated rings. The average Bonchev–Trinajstić information content (AvgIpc) is 3.22. The number of carbonyl (C=O) groups excluding carboxylic acids is 1. The second kappa shape index (κ2) is 7.59. The van der Waals surface area contributed by atoms with Gasteiger partial charge in [0.05, 0.1) is 27.3 Å². The molecule has 3 heterocycles. The monoisotopic (exact) mass is 476 g/mol. The van der Waals surface area contributed by atoms with E-state index in [2.05, 4.69) is 15.6 Å². The summed E-state index contributed by atoms with van der Waals surface area (Å²) >= 11 is 13.0. The number of aromatic nitrogens is 3. The number of nitrogens with two attached hydrogens (primary N) is 2. The van der Waals surface area contributed by atoms with Crippen molar-refractivity contribution < 1.29 is 14.0 Å². The molecule has 156 valence electrons. The molecule has 6 N–H and O–H groups in total. The zero-order valence-electron chi connectivity index (χ0n) is 15.6. The summed E-state index contributed by atoms with van der Waals surface area (Å²) in [4.78, 5) is 29.8. The first kappa shape index (κ1) is 20.7. The molecular formula is C18H12Cl2N7O3S+. The number of H-pyrrole nitrogens is 1. The van der Waals surface area contributed by atoms with Gasteiger partial charge in [-0.2, -0.15) is 5.26 Å². The van der Waals surface area contributed by atoms with Crippen molar-refractivity contribution in [3.63, 3.8) is 0 Å².